The first-order valence-electron chi connectivity index (χ1n) is 17.5. The quantitative estimate of drug-likeness (QED) is 0.237. The van der Waals surface area contributed by atoms with E-state index in [1.165, 1.54) is 51.4 Å². The molecule has 0 aromatic rings. The van der Waals surface area contributed by atoms with Crippen molar-refractivity contribution in [1.82, 2.24) is 5.32 Å². The van der Waals surface area contributed by atoms with Gasteiger partial charge in [0.05, 0.1) is 5.60 Å². The Hall–Kier alpha value is -1.03. The summed E-state index contributed by atoms with van der Waals surface area (Å²) >= 11 is 0. The second kappa shape index (κ2) is 13.3. The van der Waals surface area contributed by atoms with Gasteiger partial charge in [0.15, 0.2) is 0 Å². The summed E-state index contributed by atoms with van der Waals surface area (Å²) in [6, 6.07) is 0. The molecular weight excluding hydrogens is 506 g/mol. The highest BCUT2D eigenvalue weighted by molar-refractivity contribution is 5.67. The average Bonchev–Trinajstić information content (AvgIpc) is 3.24. The van der Waals surface area contributed by atoms with Crippen molar-refractivity contribution < 1.29 is 14.3 Å². The summed E-state index contributed by atoms with van der Waals surface area (Å²) in [7, 11) is 0. The molecule has 0 aromatic carbocycles. The Labute approximate surface area is 253 Å². The standard InChI is InChI=1S/C37H65NO3/c1-25(2)11-10-12-27(5)31-15-16-32-30-14-13-28-23-29(17-20-36(28,8)33(30)18-21-37(31,32)9)41-34(39)38-24-35(6,7)40-22-19-26(3)4/h13,25-27,29-33H,10-12,14-24H2,1-9H3,(H,38,39)/t27-,29+,30+,31?,32?,33?,36+,37-/m1/s1. The monoisotopic (exact) mass is 571 g/mol. The molecule has 4 rings (SSSR count). The van der Waals surface area contributed by atoms with Crippen molar-refractivity contribution in [2.45, 2.75) is 151 Å². The van der Waals surface area contributed by atoms with E-state index in [0.29, 0.717) is 17.9 Å². The molecule has 0 aromatic heterocycles. The van der Waals surface area contributed by atoms with Crippen LogP contribution in [0, 0.1) is 52.3 Å². The van der Waals surface area contributed by atoms with Crippen LogP contribution in [0.4, 0.5) is 4.79 Å². The Morgan fingerprint density at radius 1 is 0.976 bits per heavy atom. The molecule has 3 unspecified atom stereocenters. The molecule has 3 saturated carbocycles. The Balaban J connectivity index is 1.31. The number of fused-ring (bicyclic) bond motifs is 5. The van der Waals surface area contributed by atoms with E-state index in [4.69, 9.17) is 9.47 Å². The highest BCUT2D eigenvalue weighted by Gasteiger charge is 2.59. The third kappa shape index (κ3) is 7.55. The fourth-order valence-electron chi connectivity index (χ4n) is 9.85. The van der Waals surface area contributed by atoms with E-state index in [0.717, 1.165) is 67.8 Å². The van der Waals surface area contributed by atoms with Gasteiger partial charge in [-0.2, -0.15) is 0 Å². The number of ether oxygens (including phenoxy) is 2. The van der Waals surface area contributed by atoms with Crippen LogP contribution >= 0.6 is 0 Å². The average molecular weight is 572 g/mol. The summed E-state index contributed by atoms with van der Waals surface area (Å²) in [6.45, 7) is 22.2. The van der Waals surface area contributed by atoms with Crippen LogP contribution in [-0.2, 0) is 9.47 Å². The van der Waals surface area contributed by atoms with Crippen LogP contribution in [0.2, 0.25) is 0 Å². The molecule has 0 radical (unpaired) electrons. The first-order chi connectivity index (χ1) is 19.2. The fourth-order valence-corrected chi connectivity index (χ4v) is 9.85. The Bertz CT molecular complexity index is 908. The second-order valence-corrected chi connectivity index (χ2v) is 16.7. The van der Waals surface area contributed by atoms with Gasteiger partial charge in [-0.05, 0) is 117 Å². The lowest BCUT2D eigenvalue weighted by atomic mass is 9.47. The summed E-state index contributed by atoms with van der Waals surface area (Å²) in [5.74, 6) is 5.75. The zero-order valence-electron chi connectivity index (χ0n) is 28.3. The van der Waals surface area contributed by atoms with Crippen molar-refractivity contribution in [1.29, 1.82) is 0 Å². The predicted molar refractivity (Wildman–Crippen MR) is 171 cm³/mol. The van der Waals surface area contributed by atoms with Gasteiger partial charge >= 0.3 is 6.09 Å². The van der Waals surface area contributed by atoms with E-state index in [1.807, 2.05) is 13.8 Å². The molecule has 0 aliphatic heterocycles. The lowest BCUT2D eigenvalue weighted by Gasteiger charge is -2.58. The minimum absolute atomic E-state index is 0.00717. The third-order valence-electron chi connectivity index (χ3n) is 12.4. The van der Waals surface area contributed by atoms with Gasteiger partial charge in [-0.15, -0.1) is 0 Å². The van der Waals surface area contributed by atoms with E-state index < -0.39 is 0 Å². The van der Waals surface area contributed by atoms with Crippen molar-refractivity contribution in [3.63, 3.8) is 0 Å². The maximum absolute atomic E-state index is 12.7. The molecule has 4 heteroatoms. The van der Waals surface area contributed by atoms with Crippen LogP contribution in [-0.4, -0.2) is 30.9 Å². The van der Waals surface area contributed by atoms with Crippen LogP contribution in [0.3, 0.4) is 0 Å². The van der Waals surface area contributed by atoms with E-state index in [9.17, 15) is 4.79 Å². The number of carbonyl (C=O) groups excluding carboxylic acids is 1. The zero-order valence-corrected chi connectivity index (χ0v) is 28.3. The number of hydrogen-bond donors (Lipinski definition) is 1. The Morgan fingerprint density at radius 3 is 2.41 bits per heavy atom. The molecule has 0 heterocycles. The Morgan fingerprint density at radius 2 is 1.71 bits per heavy atom. The Kier molecular flexibility index (Phi) is 10.7. The van der Waals surface area contributed by atoms with Crippen molar-refractivity contribution in [3.05, 3.63) is 11.6 Å². The van der Waals surface area contributed by atoms with Crippen LogP contribution in [0.25, 0.3) is 0 Å². The van der Waals surface area contributed by atoms with Gasteiger partial charge in [0.2, 0.25) is 0 Å². The predicted octanol–water partition coefficient (Wildman–Crippen LogP) is 9.96. The molecule has 0 spiro atoms. The molecule has 4 aliphatic rings. The zero-order chi connectivity index (χ0) is 30.0. The normalized spacial score (nSPS) is 35.9. The molecule has 8 atom stereocenters. The van der Waals surface area contributed by atoms with Crippen LogP contribution < -0.4 is 5.32 Å². The summed E-state index contributed by atoms with van der Waals surface area (Å²) in [5.41, 5.74) is 2.01. The van der Waals surface area contributed by atoms with Gasteiger partial charge in [0.25, 0.3) is 0 Å². The summed E-state index contributed by atoms with van der Waals surface area (Å²) < 4.78 is 12.0. The van der Waals surface area contributed by atoms with Crippen molar-refractivity contribution >= 4 is 6.09 Å². The van der Waals surface area contributed by atoms with Gasteiger partial charge in [-0.25, -0.2) is 4.79 Å². The minimum Gasteiger partial charge on any atom is -0.446 e. The molecular formula is C37H65NO3. The summed E-state index contributed by atoms with van der Waals surface area (Å²) in [5, 5.41) is 2.99. The third-order valence-corrected chi connectivity index (χ3v) is 12.4. The number of rotatable bonds is 12. The topological polar surface area (TPSA) is 47.6 Å². The molecule has 41 heavy (non-hydrogen) atoms. The van der Waals surface area contributed by atoms with Gasteiger partial charge in [0, 0.05) is 19.6 Å². The van der Waals surface area contributed by atoms with Crippen molar-refractivity contribution in [2.24, 2.45) is 52.3 Å². The molecule has 4 nitrogen and oxygen atoms in total. The van der Waals surface area contributed by atoms with Gasteiger partial charge in [-0.1, -0.05) is 79.4 Å². The van der Waals surface area contributed by atoms with E-state index >= 15 is 0 Å². The maximum Gasteiger partial charge on any atom is 0.407 e. The molecule has 236 valence electrons. The first-order valence-corrected chi connectivity index (χ1v) is 17.5. The molecule has 0 bridgehead atoms. The second-order valence-electron chi connectivity index (χ2n) is 16.7. The SMILES string of the molecule is CC(C)CCC[C@@H](C)C1CCC2[C@@H]3CC=C4C[C@@H](OC(=O)NCC(C)(C)OCCC(C)C)CC[C@]4(C)C3CC[C@@]21C. The maximum atomic E-state index is 12.7. The van der Waals surface area contributed by atoms with Crippen molar-refractivity contribution in [2.75, 3.05) is 13.2 Å². The summed E-state index contributed by atoms with van der Waals surface area (Å²) in [6.07, 6.45) is 17.5. The van der Waals surface area contributed by atoms with Gasteiger partial charge < -0.3 is 14.8 Å². The lowest BCUT2D eigenvalue weighted by molar-refractivity contribution is -0.0585. The lowest BCUT2D eigenvalue weighted by Crippen LogP contribution is -2.51. The number of amides is 1. The highest BCUT2D eigenvalue weighted by Crippen LogP contribution is 2.67. The first kappa shape index (κ1) is 32.9. The van der Waals surface area contributed by atoms with E-state index in [1.54, 1.807) is 5.57 Å². The largest absolute Gasteiger partial charge is 0.446 e. The van der Waals surface area contributed by atoms with E-state index in [2.05, 4.69) is 59.9 Å². The number of nitrogens with one attached hydrogen (secondary N) is 1. The fraction of sp³-hybridized carbons (Fsp3) is 0.919. The molecule has 4 aliphatic carbocycles. The smallest absolute Gasteiger partial charge is 0.407 e. The van der Waals surface area contributed by atoms with Gasteiger partial charge in [-0.3, -0.25) is 0 Å². The number of carbonyl (C=O) groups is 1. The van der Waals surface area contributed by atoms with Crippen molar-refractivity contribution in [3.8, 4) is 0 Å². The highest BCUT2D eigenvalue weighted by atomic mass is 16.6. The number of hydrogen-bond acceptors (Lipinski definition) is 3. The van der Waals surface area contributed by atoms with Gasteiger partial charge in [0.1, 0.15) is 6.10 Å². The van der Waals surface area contributed by atoms with Crippen LogP contribution in [0.15, 0.2) is 11.6 Å². The number of allylic oxidation sites excluding steroid dienone is 1. The molecule has 3 fully saturated rings. The number of alkyl carbamates (subject to hydrolysis) is 1. The molecule has 0 saturated heterocycles. The molecule has 1 amide bonds. The summed E-state index contributed by atoms with van der Waals surface area (Å²) in [4.78, 5) is 12.7. The van der Waals surface area contributed by atoms with E-state index in [-0.39, 0.29) is 23.2 Å². The minimum atomic E-state index is -0.388. The van der Waals surface area contributed by atoms with Crippen LogP contribution in [0.5, 0.6) is 0 Å². The van der Waals surface area contributed by atoms with Crippen LogP contribution in [0.1, 0.15) is 139 Å². The molecule has 1 N–H and O–H groups in total.